The van der Waals surface area contributed by atoms with Crippen molar-refractivity contribution in [1.82, 2.24) is 14.8 Å². The summed E-state index contributed by atoms with van der Waals surface area (Å²) < 4.78 is 12.5. The van der Waals surface area contributed by atoms with Gasteiger partial charge in [-0.15, -0.1) is 21.5 Å². The molecule has 0 amide bonds. The fraction of sp³-hybridized carbons (Fsp3) is 0.211. The van der Waals surface area contributed by atoms with Crippen molar-refractivity contribution in [1.29, 1.82) is 0 Å². The minimum Gasteiger partial charge on any atom is -0.544 e. The zero-order valence-corrected chi connectivity index (χ0v) is 17.2. The molecule has 7 nitrogen and oxygen atoms in total. The van der Waals surface area contributed by atoms with Crippen molar-refractivity contribution >= 4 is 35.1 Å². The number of carboxylic acid groups (broad SMARTS) is 1. The van der Waals surface area contributed by atoms with Gasteiger partial charge in [0.2, 0.25) is 0 Å². The lowest BCUT2D eigenvalue weighted by molar-refractivity contribution is -0.297. The third-order valence-electron chi connectivity index (χ3n) is 3.86. The fourth-order valence-corrected chi connectivity index (χ4v) is 4.14. The van der Waals surface area contributed by atoms with E-state index in [2.05, 4.69) is 10.2 Å². The molecular weight excluding hydrogens is 398 g/mol. The first-order valence-electron chi connectivity index (χ1n) is 8.36. The molecule has 9 heteroatoms. The number of ether oxygens (including phenoxy) is 2. The van der Waals surface area contributed by atoms with Crippen LogP contribution in [0.1, 0.15) is 11.8 Å². The lowest BCUT2D eigenvalue weighted by Crippen LogP contribution is -2.23. The molecule has 0 spiro atoms. The maximum absolute atomic E-state index is 11.6. The van der Waals surface area contributed by atoms with Gasteiger partial charge in [-0.05, 0) is 48.3 Å². The number of benzene rings is 1. The quantitative estimate of drug-likeness (QED) is 0.412. The lowest BCUT2D eigenvalue weighted by atomic mass is 10.2. The Kier molecular flexibility index (Phi) is 6.37. The molecule has 0 aliphatic rings. The average molecular weight is 417 g/mol. The Morgan fingerprint density at radius 1 is 1.25 bits per heavy atom. The van der Waals surface area contributed by atoms with E-state index in [1.54, 1.807) is 26.4 Å². The van der Waals surface area contributed by atoms with Crippen molar-refractivity contribution in [2.45, 2.75) is 18.6 Å². The van der Waals surface area contributed by atoms with E-state index in [-0.39, 0.29) is 4.91 Å². The molecule has 2 heterocycles. The molecule has 0 aliphatic carbocycles. The summed E-state index contributed by atoms with van der Waals surface area (Å²) in [4.78, 5) is 12.5. The molecule has 2 aromatic heterocycles. The average Bonchev–Trinajstić information content (AvgIpc) is 3.36. The van der Waals surface area contributed by atoms with Crippen LogP contribution in [-0.2, 0) is 11.3 Å². The Balaban J connectivity index is 1.99. The first-order valence-corrected chi connectivity index (χ1v) is 10.1. The van der Waals surface area contributed by atoms with Crippen molar-refractivity contribution in [2.75, 3.05) is 14.2 Å². The molecule has 0 fully saturated rings. The van der Waals surface area contributed by atoms with E-state index < -0.39 is 5.97 Å². The third kappa shape index (κ3) is 4.37. The van der Waals surface area contributed by atoms with Gasteiger partial charge in [0.25, 0.3) is 0 Å². The lowest BCUT2D eigenvalue weighted by Gasteiger charge is -2.11. The number of carbonyl (C=O) groups is 1. The Hall–Kier alpha value is -2.78. The second-order valence-corrected chi connectivity index (χ2v) is 7.55. The van der Waals surface area contributed by atoms with Gasteiger partial charge in [0, 0.05) is 28.0 Å². The van der Waals surface area contributed by atoms with Gasteiger partial charge in [-0.2, -0.15) is 0 Å². The van der Waals surface area contributed by atoms with Crippen LogP contribution in [0.3, 0.4) is 0 Å². The van der Waals surface area contributed by atoms with E-state index in [1.165, 1.54) is 11.3 Å². The van der Waals surface area contributed by atoms with E-state index in [1.807, 2.05) is 41.1 Å². The summed E-state index contributed by atoms with van der Waals surface area (Å²) in [5, 5.41) is 22.4. The molecule has 0 unspecified atom stereocenters. The SMILES string of the molecule is CCn1c(S/C(=C/c2cccs2)C(=O)[O-])nnc1-c1cc(OC)cc(OC)c1. The summed E-state index contributed by atoms with van der Waals surface area (Å²) in [5.41, 5.74) is 0.759. The van der Waals surface area contributed by atoms with E-state index >= 15 is 0 Å². The van der Waals surface area contributed by atoms with Crippen molar-refractivity contribution in [3.8, 4) is 22.9 Å². The van der Waals surface area contributed by atoms with Crippen LogP contribution in [0.15, 0.2) is 45.8 Å². The zero-order chi connectivity index (χ0) is 20.1. The number of nitrogens with zero attached hydrogens (tertiary/aromatic N) is 3. The summed E-state index contributed by atoms with van der Waals surface area (Å²) in [6.45, 7) is 2.50. The highest BCUT2D eigenvalue weighted by molar-refractivity contribution is 8.04. The Labute approximate surface area is 170 Å². The summed E-state index contributed by atoms with van der Waals surface area (Å²) in [6.07, 6.45) is 1.58. The standard InChI is InChI=1S/C19H19N3O4S2/c1-4-22-17(12-8-13(25-2)10-14(9-12)26-3)20-21-19(22)28-16(18(23)24)11-15-6-5-7-27-15/h5-11H,4H2,1-3H3,(H,23,24)/p-1/b16-11+. The first kappa shape index (κ1) is 20.0. The van der Waals surface area contributed by atoms with E-state index in [0.29, 0.717) is 29.0 Å². The van der Waals surface area contributed by atoms with Crippen molar-refractivity contribution in [3.63, 3.8) is 0 Å². The smallest absolute Gasteiger partial charge is 0.196 e. The van der Waals surface area contributed by atoms with Crippen LogP contribution in [0.4, 0.5) is 0 Å². The third-order valence-corrected chi connectivity index (χ3v) is 5.67. The number of aromatic nitrogens is 3. The molecule has 0 bridgehead atoms. The highest BCUT2D eigenvalue weighted by atomic mass is 32.2. The number of hydrogen-bond acceptors (Lipinski definition) is 8. The Morgan fingerprint density at radius 3 is 2.50 bits per heavy atom. The highest BCUT2D eigenvalue weighted by Gasteiger charge is 2.17. The van der Waals surface area contributed by atoms with Gasteiger partial charge in [-0.1, -0.05) is 6.07 Å². The zero-order valence-electron chi connectivity index (χ0n) is 15.5. The van der Waals surface area contributed by atoms with Gasteiger partial charge in [-0.25, -0.2) is 0 Å². The van der Waals surface area contributed by atoms with Crippen LogP contribution < -0.4 is 14.6 Å². The second kappa shape index (κ2) is 8.94. The Morgan fingerprint density at radius 2 is 1.96 bits per heavy atom. The summed E-state index contributed by atoms with van der Waals surface area (Å²) in [6, 6.07) is 9.12. The van der Waals surface area contributed by atoms with Crippen molar-refractivity contribution in [2.24, 2.45) is 0 Å². The molecule has 0 saturated heterocycles. The van der Waals surface area contributed by atoms with Crippen LogP contribution in [0, 0.1) is 0 Å². The largest absolute Gasteiger partial charge is 0.544 e. The normalized spacial score (nSPS) is 11.5. The van der Waals surface area contributed by atoms with E-state index in [4.69, 9.17) is 9.47 Å². The molecule has 28 heavy (non-hydrogen) atoms. The summed E-state index contributed by atoms with van der Waals surface area (Å²) in [7, 11) is 3.15. The number of carbonyl (C=O) groups excluding carboxylic acids is 1. The van der Waals surface area contributed by atoms with E-state index in [0.717, 1.165) is 22.2 Å². The number of carboxylic acids is 1. The molecule has 0 saturated carbocycles. The number of rotatable bonds is 8. The second-order valence-electron chi connectivity index (χ2n) is 5.57. The Bertz CT molecular complexity index is 975. The first-order chi connectivity index (χ1) is 13.5. The number of thiophene rings is 1. The van der Waals surface area contributed by atoms with Gasteiger partial charge in [-0.3, -0.25) is 0 Å². The summed E-state index contributed by atoms with van der Waals surface area (Å²) >= 11 is 2.46. The molecule has 3 aromatic rings. The van der Waals surface area contributed by atoms with Crippen molar-refractivity contribution < 1.29 is 19.4 Å². The minimum atomic E-state index is -1.26. The topological polar surface area (TPSA) is 89.3 Å². The van der Waals surface area contributed by atoms with Crippen LogP contribution >= 0.6 is 23.1 Å². The van der Waals surface area contributed by atoms with Gasteiger partial charge < -0.3 is 23.9 Å². The number of methoxy groups -OCH3 is 2. The maximum atomic E-state index is 11.6. The van der Waals surface area contributed by atoms with Crippen LogP contribution in [-0.4, -0.2) is 35.0 Å². The number of thioether (sulfide) groups is 1. The molecule has 1 aromatic carbocycles. The fourth-order valence-electron chi connectivity index (χ4n) is 2.53. The maximum Gasteiger partial charge on any atom is 0.196 e. The molecule has 0 radical (unpaired) electrons. The number of hydrogen-bond donors (Lipinski definition) is 0. The molecular formula is C19H18N3O4S2-. The van der Waals surface area contributed by atoms with Gasteiger partial charge in [0.05, 0.1) is 20.2 Å². The molecule has 0 N–H and O–H groups in total. The van der Waals surface area contributed by atoms with Crippen LogP contribution in [0.25, 0.3) is 17.5 Å². The monoisotopic (exact) mass is 416 g/mol. The van der Waals surface area contributed by atoms with Gasteiger partial charge >= 0.3 is 0 Å². The van der Waals surface area contributed by atoms with Crippen LogP contribution in [0.5, 0.6) is 11.5 Å². The summed E-state index contributed by atoms with van der Waals surface area (Å²) in [5.74, 6) is 0.592. The number of aliphatic carboxylic acids is 1. The van der Waals surface area contributed by atoms with Crippen LogP contribution in [0.2, 0.25) is 0 Å². The van der Waals surface area contributed by atoms with Crippen molar-refractivity contribution in [3.05, 3.63) is 45.5 Å². The molecule has 146 valence electrons. The molecule has 0 aliphatic heterocycles. The predicted molar refractivity (Wildman–Crippen MR) is 107 cm³/mol. The minimum absolute atomic E-state index is 0.0688. The predicted octanol–water partition coefficient (Wildman–Crippen LogP) is 2.93. The molecule has 0 atom stereocenters. The van der Waals surface area contributed by atoms with Gasteiger partial charge in [0.1, 0.15) is 11.5 Å². The molecule has 3 rings (SSSR count). The highest BCUT2D eigenvalue weighted by Crippen LogP contribution is 2.33. The van der Waals surface area contributed by atoms with Gasteiger partial charge in [0.15, 0.2) is 11.0 Å². The van der Waals surface area contributed by atoms with E-state index in [9.17, 15) is 9.90 Å².